The Morgan fingerprint density at radius 1 is 0.812 bits per heavy atom. The fourth-order valence-electron chi connectivity index (χ4n) is 1.75. The molecule has 1 aromatic carbocycles. The van der Waals surface area contributed by atoms with Gasteiger partial charge in [-0.3, -0.25) is 0 Å². The van der Waals surface area contributed by atoms with Crippen molar-refractivity contribution in [2.45, 2.75) is 19.3 Å². The second-order valence-electron chi connectivity index (χ2n) is 3.91. The quantitative estimate of drug-likeness (QED) is 0.566. The van der Waals surface area contributed by atoms with Crippen molar-refractivity contribution in [3.63, 3.8) is 0 Å². The predicted molar refractivity (Wildman–Crippen MR) is 63.9 cm³/mol. The maximum atomic E-state index is 10.8. The van der Waals surface area contributed by atoms with Crippen LogP contribution >= 0.6 is 0 Å². The van der Waals surface area contributed by atoms with Crippen LogP contribution in [-0.4, -0.2) is 0 Å². The first-order valence-electron chi connectivity index (χ1n) is 5.56. The standard InChI is InChI=1S/C14H15NO/c16-15-11-9-14(10-12-15)8-4-7-13-5-2-1-3-6-13/h1-3,5-6,9-12H,4,7-8H2. The van der Waals surface area contributed by atoms with Gasteiger partial charge in [0.05, 0.1) is 0 Å². The summed E-state index contributed by atoms with van der Waals surface area (Å²) in [7, 11) is 0. The van der Waals surface area contributed by atoms with Crippen LogP contribution in [-0.2, 0) is 12.8 Å². The lowest BCUT2D eigenvalue weighted by Crippen LogP contribution is -2.23. The van der Waals surface area contributed by atoms with Crippen molar-refractivity contribution in [2.75, 3.05) is 0 Å². The molecule has 0 saturated carbocycles. The topological polar surface area (TPSA) is 26.9 Å². The molecule has 0 amide bonds. The van der Waals surface area contributed by atoms with Gasteiger partial charge in [-0.15, -0.1) is 0 Å². The van der Waals surface area contributed by atoms with Crippen molar-refractivity contribution >= 4 is 0 Å². The van der Waals surface area contributed by atoms with Crippen LogP contribution in [0.15, 0.2) is 54.9 Å². The van der Waals surface area contributed by atoms with Crippen molar-refractivity contribution in [3.8, 4) is 0 Å². The molecule has 0 radical (unpaired) electrons. The summed E-state index contributed by atoms with van der Waals surface area (Å²) in [6.45, 7) is 0. The Morgan fingerprint density at radius 2 is 1.38 bits per heavy atom. The molecule has 0 aliphatic rings. The molecular weight excluding hydrogens is 198 g/mol. The molecule has 2 nitrogen and oxygen atoms in total. The highest BCUT2D eigenvalue weighted by molar-refractivity contribution is 5.15. The Morgan fingerprint density at radius 3 is 2.00 bits per heavy atom. The summed E-state index contributed by atoms with van der Waals surface area (Å²) in [6, 6.07) is 14.2. The molecule has 16 heavy (non-hydrogen) atoms. The summed E-state index contributed by atoms with van der Waals surface area (Å²) in [5, 5.41) is 10.8. The van der Waals surface area contributed by atoms with Crippen molar-refractivity contribution in [1.29, 1.82) is 0 Å². The highest BCUT2D eigenvalue weighted by Crippen LogP contribution is 2.06. The molecule has 0 N–H and O–H groups in total. The fraction of sp³-hybridized carbons (Fsp3) is 0.214. The van der Waals surface area contributed by atoms with Crippen LogP contribution in [0.1, 0.15) is 17.5 Å². The largest absolute Gasteiger partial charge is 0.619 e. The zero-order chi connectivity index (χ0) is 11.2. The fourth-order valence-corrected chi connectivity index (χ4v) is 1.75. The molecule has 0 aliphatic heterocycles. The van der Waals surface area contributed by atoms with E-state index in [4.69, 9.17) is 0 Å². The monoisotopic (exact) mass is 213 g/mol. The number of benzene rings is 1. The van der Waals surface area contributed by atoms with Crippen LogP contribution in [0.2, 0.25) is 0 Å². The molecule has 0 fully saturated rings. The molecule has 0 bridgehead atoms. The van der Waals surface area contributed by atoms with Crippen molar-refractivity contribution in [3.05, 3.63) is 71.2 Å². The Kier molecular flexibility index (Phi) is 3.54. The van der Waals surface area contributed by atoms with Gasteiger partial charge in [0.25, 0.3) is 0 Å². The van der Waals surface area contributed by atoms with Crippen LogP contribution in [0.5, 0.6) is 0 Å². The maximum absolute atomic E-state index is 10.8. The van der Waals surface area contributed by atoms with Crippen LogP contribution < -0.4 is 4.73 Å². The molecule has 2 rings (SSSR count). The van der Waals surface area contributed by atoms with Crippen molar-refractivity contribution in [2.24, 2.45) is 0 Å². The molecule has 0 aliphatic carbocycles. The second kappa shape index (κ2) is 5.31. The Hall–Kier alpha value is -1.83. The van der Waals surface area contributed by atoms with E-state index in [9.17, 15) is 5.21 Å². The van der Waals surface area contributed by atoms with Crippen LogP contribution in [0.4, 0.5) is 0 Å². The van der Waals surface area contributed by atoms with Crippen LogP contribution in [0.25, 0.3) is 0 Å². The lowest BCUT2D eigenvalue weighted by molar-refractivity contribution is -0.605. The number of hydrogen-bond donors (Lipinski definition) is 0. The highest BCUT2D eigenvalue weighted by Gasteiger charge is 1.96. The van der Waals surface area contributed by atoms with Gasteiger partial charge in [-0.25, -0.2) is 0 Å². The van der Waals surface area contributed by atoms with E-state index in [1.54, 1.807) is 12.4 Å². The molecule has 0 saturated heterocycles. The van der Waals surface area contributed by atoms with E-state index in [2.05, 4.69) is 24.3 Å². The molecule has 0 spiro atoms. The smallest absolute Gasteiger partial charge is 0.180 e. The van der Waals surface area contributed by atoms with Crippen LogP contribution in [0.3, 0.4) is 0 Å². The van der Waals surface area contributed by atoms with E-state index in [0.717, 1.165) is 24.0 Å². The van der Waals surface area contributed by atoms with E-state index in [-0.39, 0.29) is 0 Å². The van der Waals surface area contributed by atoms with Gasteiger partial charge in [0.15, 0.2) is 12.4 Å². The lowest BCUT2D eigenvalue weighted by Gasteiger charge is -2.02. The third-order valence-electron chi connectivity index (χ3n) is 2.64. The zero-order valence-electron chi connectivity index (χ0n) is 9.17. The molecular formula is C14H15NO. The summed E-state index contributed by atoms with van der Waals surface area (Å²) in [4.78, 5) is 0. The van der Waals surface area contributed by atoms with Gasteiger partial charge in [0.1, 0.15) is 0 Å². The van der Waals surface area contributed by atoms with E-state index < -0.39 is 0 Å². The highest BCUT2D eigenvalue weighted by atomic mass is 16.5. The van der Waals surface area contributed by atoms with Gasteiger partial charge < -0.3 is 5.21 Å². The van der Waals surface area contributed by atoms with Crippen molar-refractivity contribution in [1.82, 2.24) is 0 Å². The molecule has 1 aromatic heterocycles. The third-order valence-corrected chi connectivity index (χ3v) is 2.64. The van der Waals surface area contributed by atoms with Gasteiger partial charge in [-0.1, -0.05) is 30.3 Å². The normalized spacial score (nSPS) is 10.2. The number of aryl methyl sites for hydroxylation is 2. The van der Waals surface area contributed by atoms with Crippen LogP contribution in [0, 0.1) is 5.21 Å². The molecule has 82 valence electrons. The minimum Gasteiger partial charge on any atom is -0.619 e. The number of aromatic nitrogens is 1. The average Bonchev–Trinajstić information content (AvgIpc) is 2.33. The number of rotatable bonds is 4. The number of hydrogen-bond acceptors (Lipinski definition) is 1. The Labute approximate surface area is 95.8 Å². The molecule has 2 heteroatoms. The zero-order valence-corrected chi connectivity index (χ0v) is 9.17. The Bertz CT molecular complexity index is 422. The van der Waals surface area contributed by atoms with Gasteiger partial charge in [-0.05, 0) is 30.4 Å². The second-order valence-corrected chi connectivity index (χ2v) is 3.91. The summed E-state index contributed by atoms with van der Waals surface area (Å²) in [5.41, 5.74) is 2.60. The number of nitrogens with zero attached hydrogens (tertiary/aromatic N) is 1. The molecule has 2 aromatic rings. The average molecular weight is 213 g/mol. The van der Waals surface area contributed by atoms with Gasteiger partial charge in [0.2, 0.25) is 0 Å². The summed E-state index contributed by atoms with van der Waals surface area (Å²) >= 11 is 0. The first-order chi connectivity index (χ1) is 7.84. The summed E-state index contributed by atoms with van der Waals surface area (Å²) < 4.78 is 0.820. The SMILES string of the molecule is [O-][n+]1ccc(CCCc2ccccc2)cc1. The van der Waals surface area contributed by atoms with E-state index in [1.807, 2.05) is 18.2 Å². The first-order valence-corrected chi connectivity index (χ1v) is 5.56. The Balaban J connectivity index is 1.82. The number of pyridine rings is 1. The minimum atomic E-state index is 0.820. The van der Waals surface area contributed by atoms with Gasteiger partial charge >= 0.3 is 0 Å². The third kappa shape index (κ3) is 3.09. The minimum absolute atomic E-state index is 0.820. The summed E-state index contributed by atoms with van der Waals surface area (Å²) in [5.74, 6) is 0. The predicted octanol–water partition coefficient (Wildman–Crippen LogP) is 2.50. The van der Waals surface area contributed by atoms with Gasteiger partial charge in [0, 0.05) is 12.1 Å². The van der Waals surface area contributed by atoms with E-state index >= 15 is 0 Å². The maximum Gasteiger partial charge on any atom is 0.180 e. The molecule has 0 unspecified atom stereocenters. The van der Waals surface area contributed by atoms with E-state index in [0.29, 0.717) is 0 Å². The van der Waals surface area contributed by atoms with Gasteiger partial charge in [-0.2, -0.15) is 4.73 Å². The molecule has 1 heterocycles. The first kappa shape index (κ1) is 10.7. The summed E-state index contributed by atoms with van der Waals surface area (Å²) in [6.07, 6.45) is 6.34. The van der Waals surface area contributed by atoms with E-state index in [1.165, 1.54) is 11.1 Å². The van der Waals surface area contributed by atoms with Crippen molar-refractivity contribution < 1.29 is 4.73 Å². The lowest BCUT2D eigenvalue weighted by atomic mass is 10.1. The molecule has 0 atom stereocenters.